The predicted molar refractivity (Wildman–Crippen MR) is 102 cm³/mol. The molecule has 2 aliphatic rings. The number of thiazole rings is 1. The van der Waals surface area contributed by atoms with E-state index < -0.39 is 12.5 Å². The molecular weight excluding hydrogens is 408 g/mol. The predicted octanol–water partition coefficient (Wildman–Crippen LogP) is 4.41. The summed E-state index contributed by atoms with van der Waals surface area (Å²) in [4.78, 5) is 21.6. The minimum absolute atomic E-state index is 0.0438. The lowest BCUT2D eigenvalue weighted by molar-refractivity contribution is 0.105. The number of ether oxygens (including phenoxy) is 1. The molecule has 3 heterocycles. The number of likely N-dealkylation sites (tertiary alicyclic amines) is 1. The molecule has 0 spiro atoms. The van der Waals surface area contributed by atoms with Crippen LogP contribution in [-0.4, -0.2) is 45.5 Å². The Labute approximate surface area is 169 Å². The molecule has 1 saturated heterocycles. The van der Waals surface area contributed by atoms with E-state index in [0.717, 1.165) is 18.7 Å². The smallest absolute Gasteiger partial charge is 0.293 e. The fourth-order valence-corrected chi connectivity index (χ4v) is 5.06. The molecule has 1 aliphatic carbocycles. The molecule has 1 aliphatic heterocycles. The van der Waals surface area contributed by atoms with E-state index in [-0.39, 0.29) is 12.2 Å². The Morgan fingerprint density at radius 3 is 2.75 bits per heavy atom. The Balaban J connectivity index is 1.31. The zero-order valence-electron chi connectivity index (χ0n) is 15.2. The molecule has 2 fully saturated rings. The highest BCUT2D eigenvalue weighted by molar-refractivity contribution is 7.09. The van der Waals surface area contributed by atoms with E-state index in [1.807, 2.05) is 0 Å². The Hall–Kier alpha value is -1.59. The number of hydrogen-bond acceptors (Lipinski definition) is 9. The van der Waals surface area contributed by atoms with Crippen LogP contribution in [0.1, 0.15) is 60.5 Å². The maximum absolute atomic E-state index is 13.2. The van der Waals surface area contributed by atoms with Crippen LogP contribution in [0, 0.1) is 10.8 Å². The SMILES string of the molecule is O=NCC(c1scnc1C(F)F)N1CCC(COc2nc(C3CC3)ns2)CC1. The first-order valence-corrected chi connectivity index (χ1v) is 11.0. The molecule has 0 radical (unpaired) electrons. The fourth-order valence-electron chi connectivity index (χ4n) is 3.52. The molecule has 1 atom stereocenters. The summed E-state index contributed by atoms with van der Waals surface area (Å²) in [6, 6.07) is -0.430. The fraction of sp³-hybridized carbons (Fsp3) is 0.706. The van der Waals surface area contributed by atoms with Crippen molar-refractivity contribution in [2.24, 2.45) is 11.1 Å². The van der Waals surface area contributed by atoms with Gasteiger partial charge in [-0.25, -0.2) is 13.8 Å². The molecule has 0 bridgehead atoms. The number of nitroso groups, excluding NO2 is 1. The third-order valence-corrected chi connectivity index (χ3v) is 6.87. The van der Waals surface area contributed by atoms with E-state index in [1.54, 1.807) is 0 Å². The molecule has 152 valence electrons. The van der Waals surface area contributed by atoms with Crippen LogP contribution in [0.2, 0.25) is 0 Å². The summed E-state index contributed by atoms with van der Waals surface area (Å²) in [6.45, 7) is 1.95. The highest BCUT2D eigenvalue weighted by Crippen LogP contribution is 2.40. The number of piperidine rings is 1. The molecule has 11 heteroatoms. The highest BCUT2D eigenvalue weighted by atomic mass is 32.1. The van der Waals surface area contributed by atoms with Crippen molar-refractivity contribution in [2.75, 3.05) is 26.2 Å². The summed E-state index contributed by atoms with van der Waals surface area (Å²) >= 11 is 2.47. The summed E-state index contributed by atoms with van der Waals surface area (Å²) in [5.74, 6) is 1.79. The normalized spacial score (nSPS) is 19.8. The number of nitrogens with zero attached hydrogens (tertiary/aromatic N) is 5. The van der Waals surface area contributed by atoms with E-state index in [1.165, 1.54) is 41.2 Å². The minimum Gasteiger partial charge on any atom is -0.469 e. The van der Waals surface area contributed by atoms with E-state index in [0.29, 0.717) is 41.6 Å². The van der Waals surface area contributed by atoms with Crippen LogP contribution in [0.3, 0.4) is 0 Å². The lowest BCUT2D eigenvalue weighted by Crippen LogP contribution is -2.39. The van der Waals surface area contributed by atoms with Gasteiger partial charge in [0.15, 0.2) is 0 Å². The van der Waals surface area contributed by atoms with E-state index >= 15 is 0 Å². The van der Waals surface area contributed by atoms with Crippen molar-refractivity contribution in [3.05, 3.63) is 26.8 Å². The first-order valence-electron chi connectivity index (χ1n) is 9.36. The van der Waals surface area contributed by atoms with Crippen LogP contribution in [0.25, 0.3) is 0 Å². The number of aromatic nitrogens is 3. The quantitative estimate of drug-likeness (QED) is 0.550. The summed E-state index contributed by atoms with van der Waals surface area (Å²) in [5, 5.41) is 3.61. The molecule has 1 saturated carbocycles. The second-order valence-electron chi connectivity index (χ2n) is 7.21. The van der Waals surface area contributed by atoms with Crippen molar-refractivity contribution in [3.8, 4) is 5.19 Å². The topological polar surface area (TPSA) is 80.6 Å². The van der Waals surface area contributed by atoms with E-state index in [9.17, 15) is 13.7 Å². The highest BCUT2D eigenvalue weighted by Gasteiger charge is 2.32. The molecule has 0 N–H and O–H groups in total. The first kappa shape index (κ1) is 19.7. The van der Waals surface area contributed by atoms with Gasteiger partial charge in [-0.05, 0) is 44.7 Å². The summed E-state index contributed by atoms with van der Waals surface area (Å²) < 4.78 is 36.6. The Kier molecular flexibility index (Phi) is 6.22. The van der Waals surface area contributed by atoms with Gasteiger partial charge in [0.25, 0.3) is 11.6 Å². The van der Waals surface area contributed by atoms with Crippen molar-refractivity contribution in [3.63, 3.8) is 0 Å². The first-order chi connectivity index (χ1) is 13.7. The van der Waals surface area contributed by atoms with Crippen molar-refractivity contribution in [1.82, 2.24) is 19.2 Å². The summed E-state index contributed by atoms with van der Waals surface area (Å²) in [5.41, 5.74) is 1.18. The van der Waals surface area contributed by atoms with Crippen LogP contribution in [-0.2, 0) is 0 Å². The van der Waals surface area contributed by atoms with Crippen LogP contribution < -0.4 is 4.74 Å². The van der Waals surface area contributed by atoms with Gasteiger partial charge in [-0.15, -0.1) is 11.3 Å². The second kappa shape index (κ2) is 8.83. The molecule has 1 unspecified atom stereocenters. The molecule has 7 nitrogen and oxygen atoms in total. The average molecular weight is 430 g/mol. The van der Waals surface area contributed by atoms with Gasteiger partial charge in [-0.2, -0.15) is 14.3 Å². The maximum Gasteiger partial charge on any atom is 0.293 e. The summed E-state index contributed by atoms with van der Waals surface area (Å²) in [7, 11) is 0. The molecular formula is C17H21F2N5O2S2. The number of rotatable bonds is 9. The Morgan fingerprint density at radius 1 is 1.29 bits per heavy atom. The van der Waals surface area contributed by atoms with Crippen molar-refractivity contribution >= 4 is 22.9 Å². The standard InChI is InChI=1S/C17H21F2N5O2S2/c18-15(19)13-14(27-9-20-13)12(7-21-25)24-5-3-10(4-6-24)8-26-17-22-16(23-28-17)11-1-2-11/h9-12,15H,1-8H2. The lowest BCUT2D eigenvalue weighted by Gasteiger charge is -2.36. The van der Waals surface area contributed by atoms with Gasteiger partial charge in [0.05, 0.1) is 23.0 Å². The molecule has 2 aromatic rings. The molecule has 0 aromatic carbocycles. The number of hydrogen-bond donors (Lipinski definition) is 0. The number of alkyl halides is 2. The van der Waals surface area contributed by atoms with Gasteiger partial charge in [0.2, 0.25) is 0 Å². The largest absolute Gasteiger partial charge is 0.469 e. The van der Waals surface area contributed by atoms with Crippen molar-refractivity contribution < 1.29 is 13.5 Å². The lowest BCUT2D eigenvalue weighted by atomic mass is 9.96. The van der Waals surface area contributed by atoms with Crippen LogP contribution in [0.4, 0.5) is 8.78 Å². The third-order valence-electron chi connectivity index (χ3n) is 5.28. The number of halogens is 2. The zero-order chi connectivity index (χ0) is 19.5. The second-order valence-corrected chi connectivity index (χ2v) is 8.81. The monoisotopic (exact) mass is 429 g/mol. The summed E-state index contributed by atoms with van der Waals surface area (Å²) in [6.07, 6.45) is 1.42. The van der Waals surface area contributed by atoms with Crippen LogP contribution >= 0.6 is 22.9 Å². The Bertz CT molecular complexity index is 790. The average Bonchev–Trinajstić information content (AvgIpc) is 3.24. The molecule has 0 amide bonds. The van der Waals surface area contributed by atoms with E-state index in [2.05, 4.69) is 24.4 Å². The Morgan fingerprint density at radius 2 is 2.07 bits per heavy atom. The van der Waals surface area contributed by atoms with Gasteiger partial charge in [0.1, 0.15) is 18.1 Å². The zero-order valence-corrected chi connectivity index (χ0v) is 16.8. The van der Waals surface area contributed by atoms with E-state index in [4.69, 9.17) is 4.74 Å². The molecule has 4 rings (SSSR count). The van der Waals surface area contributed by atoms with Crippen molar-refractivity contribution in [2.45, 2.75) is 44.1 Å². The van der Waals surface area contributed by atoms with Gasteiger partial charge in [0, 0.05) is 17.5 Å². The minimum atomic E-state index is -2.64. The third kappa shape index (κ3) is 4.52. The maximum atomic E-state index is 13.2. The molecule has 28 heavy (non-hydrogen) atoms. The van der Waals surface area contributed by atoms with Gasteiger partial charge < -0.3 is 4.74 Å². The van der Waals surface area contributed by atoms with Crippen LogP contribution in [0.15, 0.2) is 10.7 Å². The van der Waals surface area contributed by atoms with Gasteiger partial charge in [-0.3, -0.25) is 4.90 Å². The van der Waals surface area contributed by atoms with Gasteiger partial charge >= 0.3 is 0 Å². The molecule has 2 aromatic heterocycles. The van der Waals surface area contributed by atoms with Crippen molar-refractivity contribution in [1.29, 1.82) is 0 Å². The van der Waals surface area contributed by atoms with Gasteiger partial charge in [-0.1, -0.05) is 5.18 Å². The van der Waals surface area contributed by atoms with Crippen LogP contribution in [0.5, 0.6) is 5.19 Å².